The lowest BCUT2D eigenvalue weighted by atomic mass is 10.1. The predicted molar refractivity (Wildman–Crippen MR) is 113 cm³/mol. The molecule has 0 aliphatic heterocycles. The molecule has 152 valence electrons. The number of carbonyl (C=O) groups excluding carboxylic acids is 1. The second-order valence-electron chi connectivity index (χ2n) is 7.18. The van der Waals surface area contributed by atoms with Gasteiger partial charge >= 0.3 is 5.97 Å². The normalized spacial score (nSPS) is 11.1. The van der Waals surface area contributed by atoms with Gasteiger partial charge in [0.05, 0.1) is 23.9 Å². The zero-order valence-corrected chi connectivity index (χ0v) is 17.1. The molecule has 0 fully saturated rings. The number of esters is 1. The Morgan fingerprint density at radius 3 is 2.73 bits per heavy atom. The second-order valence-corrected chi connectivity index (χ2v) is 7.18. The Labute approximate surface area is 173 Å². The predicted octanol–water partition coefficient (Wildman–Crippen LogP) is 4.64. The summed E-state index contributed by atoms with van der Waals surface area (Å²) in [4.78, 5) is 25.4. The van der Waals surface area contributed by atoms with Crippen LogP contribution in [0.4, 0.5) is 11.4 Å². The van der Waals surface area contributed by atoms with Crippen molar-refractivity contribution in [1.82, 2.24) is 20.1 Å². The van der Waals surface area contributed by atoms with Crippen LogP contribution in [0, 0.1) is 6.92 Å². The molecule has 0 atom stereocenters. The lowest BCUT2D eigenvalue weighted by Gasteiger charge is -2.13. The van der Waals surface area contributed by atoms with Gasteiger partial charge in [0, 0.05) is 28.9 Å². The average molecular weight is 403 g/mol. The summed E-state index contributed by atoms with van der Waals surface area (Å²) in [7, 11) is 1.35. The summed E-state index contributed by atoms with van der Waals surface area (Å²) in [5.41, 5.74) is 3.96. The molecular formula is C22H21N5O3. The highest BCUT2D eigenvalue weighted by atomic mass is 16.5. The van der Waals surface area contributed by atoms with E-state index in [9.17, 15) is 4.79 Å². The molecule has 0 bridgehead atoms. The molecule has 3 aromatic heterocycles. The fourth-order valence-corrected chi connectivity index (χ4v) is 3.03. The molecule has 1 aromatic carbocycles. The van der Waals surface area contributed by atoms with Crippen molar-refractivity contribution in [2.24, 2.45) is 0 Å². The van der Waals surface area contributed by atoms with E-state index in [1.54, 1.807) is 24.4 Å². The van der Waals surface area contributed by atoms with Crippen LogP contribution in [0.15, 0.2) is 47.1 Å². The average Bonchev–Trinajstić information content (AvgIpc) is 3.24. The highest BCUT2D eigenvalue weighted by Crippen LogP contribution is 2.35. The number of fused-ring (bicyclic) bond motifs is 1. The number of ether oxygens (including phenoxy) is 1. The number of carbonyl (C=O) groups is 1. The smallest absolute Gasteiger partial charge is 0.337 e. The Morgan fingerprint density at radius 2 is 2.00 bits per heavy atom. The van der Waals surface area contributed by atoms with Crippen molar-refractivity contribution >= 4 is 28.4 Å². The van der Waals surface area contributed by atoms with Gasteiger partial charge in [-0.15, -0.1) is 0 Å². The van der Waals surface area contributed by atoms with Gasteiger partial charge in [-0.05, 0) is 37.3 Å². The summed E-state index contributed by atoms with van der Waals surface area (Å²) < 4.78 is 10.3. The molecule has 4 rings (SSSR count). The molecule has 0 radical (unpaired) electrons. The van der Waals surface area contributed by atoms with Crippen LogP contribution in [0.5, 0.6) is 0 Å². The number of hydrogen-bond donors (Lipinski definition) is 1. The molecular weight excluding hydrogens is 382 g/mol. The second kappa shape index (κ2) is 7.90. The van der Waals surface area contributed by atoms with E-state index in [1.165, 1.54) is 7.11 Å². The zero-order valence-electron chi connectivity index (χ0n) is 17.1. The van der Waals surface area contributed by atoms with Gasteiger partial charge < -0.3 is 14.6 Å². The fraction of sp³-hybridized carbons (Fsp3) is 0.227. The van der Waals surface area contributed by atoms with Gasteiger partial charge in [0.1, 0.15) is 0 Å². The third kappa shape index (κ3) is 3.71. The molecule has 0 amide bonds. The quantitative estimate of drug-likeness (QED) is 0.481. The highest BCUT2D eigenvalue weighted by Gasteiger charge is 2.19. The van der Waals surface area contributed by atoms with Crippen LogP contribution in [-0.4, -0.2) is 33.2 Å². The van der Waals surface area contributed by atoms with Crippen molar-refractivity contribution in [3.05, 3.63) is 59.7 Å². The van der Waals surface area contributed by atoms with Crippen LogP contribution >= 0.6 is 0 Å². The molecule has 0 unspecified atom stereocenters. The molecule has 4 aromatic rings. The summed E-state index contributed by atoms with van der Waals surface area (Å²) in [5, 5.41) is 8.24. The Kier molecular flexibility index (Phi) is 5.14. The van der Waals surface area contributed by atoms with Gasteiger partial charge in [0.25, 0.3) is 5.89 Å². The van der Waals surface area contributed by atoms with Gasteiger partial charge in [0.2, 0.25) is 0 Å². The van der Waals surface area contributed by atoms with Crippen LogP contribution < -0.4 is 5.32 Å². The SMILES string of the molecule is COC(=O)c1cccc(Nc2c(-c3nc(C(C)C)no3)cnc3nc(C)ccc23)c1. The van der Waals surface area contributed by atoms with Gasteiger partial charge in [-0.1, -0.05) is 25.1 Å². The molecule has 3 heterocycles. The molecule has 0 saturated heterocycles. The minimum Gasteiger partial charge on any atom is -0.465 e. The largest absolute Gasteiger partial charge is 0.465 e. The molecule has 30 heavy (non-hydrogen) atoms. The molecule has 8 nitrogen and oxygen atoms in total. The molecule has 8 heteroatoms. The van der Waals surface area contributed by atoms with E-state index in [4.69, 9.17) is 9.26 Å². The maximum absolute atomic E-state index is 11.9. The number of aryl methyl sites for hydroxylation is 1. The van der Waals surface area contributed by atoms with E-state index in [0.29, 0.717) is 39.9 Å². The minimum absolute atomic E-state index is 0.133. The number of anilines is 2. The van der Waals surface area contributed by atoms with Crippen molar-refractivity contribution in [3.63, 3.8) is 0 Å². The number of benzene rings is 1. The summed E-state index contributed by atoms with van der Waals surface area (Å²) in [6, 6.07) is 10.9. The van der Waals surface area contributed by atoms with Gasteiger partial charge in [-0.3, -0.25) is 0 Å². The zero-order chi connectivity index (χ0) is 21.3. The van der Waals surface area contributed by atoms with Gasteiger partial charge in [0.15, 0.2) is 11.5 Å². The first-order valence-corrected chi connectivity index (χ1v) is 9.52. The van der Waals surface area contributed by atoms with Crippen molar-refractivity contribution in [3.8, 4) is 11.5 Å². The number of methoxy groups -OCH3 is 1. The van der Waals surface area contributed by atoms with Crippen LogP contribution in [0.25, 0.3) is 22.5 Å². The van der Waals surface area contributed by atoms with Crippen molar-refractivity contribution < 1.29 is 14.1 Å². The van der Waals surface area contributed by atoms with E-state index >= 15 is 0 Å². The van der Waals surface area contributed by atoms with Gasteiger partial charge in [-0.2, -0.15) is 4.98 Å². The standard InChI is InChI=1S/C22H21N5O3/c1-12(2)19-26-21(30-27-19)17-11-23-20-16(9-8-13(3)24-20)18(17)25-15-7-5-6-14(10-15)22(28)29-4/h5-12H,1-4H3,(H,23,24,25). The van der Waals surface area contributed by atoms with Crippen LogP contribution in [0.1, 0.15) is 41.6 Å². The monoisotopic (exact) mass is 403 g/mol. The van der Waals surface area contributed by atoms with E-state index in [0.717, 1.165) is 11.1 Å². The summed E-state index contributed by atoms with van der Waals surface area (Å²) in [6.45, 7) is 5.91. The lowest BCUT2D eigenvalue weighted by Crippen LogP contribution is -2.03. The minimum atomic E-state index is -0.408. The molecule has 0 spiro atoms. The number of nitrogens with one attached hydrogen (secondary N) is 1. The first-order valence-electron chi connectivity index (χ1n) is 9.52. The molecule has 1 N–H and O–H groups in total. The van der Waals surface area contributed by atoms with E-state index in [1.807, 2.05) is 39.0 Å². The Bertz CT molecular complexity index is 1230. The van der Waals surface area contributed by atoms with Gasteiger partial charge in [-0.25, -0.2) is 14.8 Å². The lowest BCUT2D eigenvalue weighted by molar-refractivity contribution is 0.0601. The Morgan fingerprint density at radius 1 is 1.17 bits per heavy atom. The van der Waals surface area contributed by atoms with E-state index in [-0.39, 0.29) is 5.92 Å². The third-order valence-electron chi connectivity index (χ3n) is 4.61. The maximum Gasteiger partial charge on any atom is 0.337 e. The topological polar surface area (TPSA) is 103 Å². The number of hydrogen-bond acceptors (Lipinski definition) is 8. The molecule has 0 aliphatic rings. The van der Waals surface area contributed by atoms with Crippen molar-refractivity contribution in [2.45, 2.75) is 26.7 Å². The van der Waals surface area contributed by atoms with Crippen LogP contribution in [-0.2, 0) is 4.74 Å². The molecule has 0 aliphatic carbocycles. The van der Waals surface area contributed by atoms with Crippen molar-refractivity contribution in [1.29, 1.82) is 0 Å². The number of nitrogens with zero attached hydrogens (tertiary/aromatic N) is 4. The summed E-state index contributed by atoms with van der Waals surface area (Å²) >= 11 is 0. The summed E-state index contributed by atoms with van der Waals surface area (Å²) in [6.07, 6.45) is 1.67. The highest BCUT2D eigenvalue weighted by molar-refractivity contribution is 5.99. The number of aromatic nitrogens is 4. The first-order chi connectivity index (χ1) is 14.5. The molecule has 0 saturated carbocycles. The van der Waals surface area contributed by atoms with Crippen LogP contribution in [0.2, 0.25) is 0 Å². The number of pyridine rings is 2. The Hall–Kier alpha value is -3.81. The van der Waals surface area contributed by atoms with Crippen molar-refractivity contribution in [2.75, 3.05) is 12.4 Å². The van der Waals surface area contributed by atoms with E-state index < -0.39 is 5.97 Å². The number of rotatable bonds is 5. The fourth-order valence-electron chi connectivity index (χ4n) is 3.03. The summed E-state index contributed by atoms with van der Waals surface area (Å²) in [5.74, 6) is 0.702. The van der Waals surface area contributed by atoms with Crippen LogP contribution in [0.3, 0.4) is 0 Å². The Balaban J connectivity index is 1.86. The maximum atomic E-state index is 11.9. The third-order valence-corrected chi connectivity index (χ3v) is 4.61. The van der Waals surface area contributed by atoms with E-state index in [2.05, 4.69) is 25.4 Å². The first kappa shape index (κ1) is 19.5.